The molecule has 0 spiro atoms. The highest BCUT2D eigenvalue weighted by molar-refractivity contribution is 7.89. The average Bonchev–Trinajstić information content (AvgIpc) is 2.53. The van der Waals surface area contributed by atoms with Gasteiger partial charge in [0.15, 0.2) is 6.61 Å². The largest absolute Gasteiger partial charge is 0.483 e. The molecule has 0 atom stereocenters. The number of carbonyl (C=O) groups is 1. The van der Waals surface area contributed by atoms with Crippen molar-refractivity contribution in [2.75, 3.05) is 6.61 Å². The lowest BCUT2D eigenvalue weighted by Gasteiger charge is -2.12. The fourth-order valence-electron chi connectivity index (χ4n) is 2.32. The number of ether oxygens (including phenoxy) is 1. The maximum absolute atomic E-state index is 12.3. The Kier molecular flexibility index (Phi) is 5.81. The van der Waals surface area contributed by atoms with Crippen molar-refractivity contribution >= 4 is 15.9 Å². The van der Waals surface area contributed by atoms with E-state index in [1.54, 1.807) is 19.1 Å². The molecule has 0 saturated heterocycles. The highest BCUT2D eigenvalue weighted by atomic mass is 32.2. The number of sulfonamides is 1. The second kappa shape index (κ2) is 7.67. The van der Waals surface area contributed by atoms with Crippen LogP contribution in [0.15, 0.2) is 41.3 Å². The minimum Gasteiger partial charge on any atom is -0.483 e. The molecule has 0 heterocycles. The van der Waals surface area contributed by atoms with Crippen molar-refractivity contribution in [3.8, 4) is 5.75 Å². The van der Waals surface area contributed by atoms with Crippen molar-refractivity contribution in [3.63, 3.8) is 0 Å². The van der Waals surface area contributed by atoms with Gasteiger partial charge in [0.2, 0.25) is 0 Å². The van der Waals surface area contributed by atoms with Gasteiger partial charge < -0.3 is 4.74 Å². The van der Waals surface area contributed by atoms with Crippen LogP contribution in [0.5, 0.6) is 5.75 Å². The van der Waals surface area contributed by atoms with Crippen LogP contribution in [0.2, 0.25) is 0 Å². The molecule has 2 aromatic carbocycles. The summed E-state index contributed by atoms with van der Waals surface area (Å²) in [4.78, 5) is 14.1. The fourth-order valence-corrected chi connectivity index (χ4v) is 3.41. The van der Waals surface area contributed by atoms with Crippen LogP contribution in [-0.4, -0.2) is 20.9 Å². The number of hydrogen-bond acceptors (Lipinski definition) is 4. The topological polar surface area (TPSA) is 84.5 Å². The van der Waals surface area contributed by atoms with Crippen molar-refractivity contribution in [1.29, 1.82) is 0 Å². The molecular weight excluding hydrogens is 340 g/mol. The number of amides is 1. The van der Waals surface area contributed by atoms with Crippen LogP contribution in [0, 0.1) is 27.7 Å². The summed E-state index contributed by atoms with van der Waals surface area (Å²) in [5.74, 6) is 0.00151. The average molecular weight is 362 g/mol. The SMILES string of the molecule is Cc1ccc(S(=O)(=O)NNC(=O)COc2cc(C)ccc2C)c(C)c1. The third-order valence-electron chi connectivity index (χ3n) is 3.65. The monoisotopic (exact) mass is 362 g/mol. The van der Waals surface area contributed by atoms with Crippen molar-refractivity contribution < 1.29 is 17.9 Å². The maximum Gasteiger partial charge on any atom is 0.272 e. The zero-order valence-corrected chi connectivity index (χ0v) is 15.5. The standard InChI is InChI=1S/C18H22N2O4S/c1-12-6-8-17(15(4)9-12)25(22,23)20-19-18(21)11-24-16-10-13(2)5-7-14(16)3/h5-10,20H,11H2,1-4H3,(H,19,21). The molecule has 0 radical (unpaired) electrons. The van der Waals surface area contributed by atoms with Crippen LogP contribution in [0.1, 0.15) is 22.3 Å². The summed E-state index contributed by atoms with van der Waals surface area (Å²) in [6.45, 7) is 7.08. The predicted molar refractivity (Wildman–Crippen MR) is 95.8 cm³/mol. The van der Waals surface area contributed by atoms with Gasteiger partial charge in [0.1, 0.15) is 5.75 Å². The summed E-state index contributed by atoms with van der Waals surface area (Å²) in [6, 6.07) is 10.6. The number of aryl methyl sites for hydroxylation is 4. The Morgan fingerprint density at radius 2 is 1.60 bits per heavy atom. The Hall–Kier alpha value is -2.38. The molecule has 2 N–H and O–H groups in total. The number of rotatable bonds is 6. The number of carbonyl (C=O) groups excluding carboxylic acids is 1. The van der Waals surface area contributed by atoms with E-state index in [1.165, 1.54) is 6.07 Å². The zero-order valence-electron chi connectivity index (χ0n) is 14.7. The first-order valence-corrected chi connectivity index (χ1v) is 9.25. The van der Waals surface area contributed by atoms with E-state index in [9.17, 15) is 13.2 Å². The first-order valence-electron chi connectivity index (χ1n) is 7.77. The molecule has 6 nitrogen and oxygen atoms in total. The normalized spacial score (nSPS) is 11.2. The summed E-state index contributed by atoms with van der Waals surface area (Å²) < 4.78 is 30.0. The van der Waals surface area contributed by atoms with Gasteiger partial charge in [-0.3, -0.25) is 10.2 Å². The van der Waals surface area contributed by atoms with Gasteiger partial charge in [0.25, 0.3) is 15.9 Å². The van der Waals surface area contributed by atoms with Crippen LogP contribution in [0.3, 0.4) is 0 Å². The van der Waals surface area contributed by atoms with E-state index in [0.29, 0.717) is 11.3 Å². The van der Waals surface area contributed by atoms with Gasteiger partial charge in [0.05, 0.1) is 4.90 Å². The van der Waals surface area contributed by atoms with Crippen LogP contribution in [-0.2, 0) is 14.8 Å². The van der Waals surface area contributed by atoms with Crippen LogP contribution >= 0.6 is 0 Å². The van der Waals surface area contributed by atoms with Crippen molar-refractivity contribution in [2.24, 2.45) is 0 Å². The van der Waals surface area contributed by atoms with E-state index in [0.717, 1.165) is 16.7 Å². The molecule has 0 fully saturated rings. The highest BCUT2D eigenvalue weighted by Gasteiger charge is 2.17. The lowest BCUT2D eigenvalue weighted by Crippen LogP contribution is -2.43. The van der Waals surface area contributed by atoms with E-state index in [-0.39, 0.29) is 11.5 Å². The molecule has 0 unspecified atom stereocenters. The van der Waals surface area contributed by atoms with E-state index in [2.05, 4.69) is 10.3 Å². The van der Waals surface area contributed by atoms with E-state index in [4.69, 9.17) is 4.74 Å². The second-order valence-corrected chi connectivity index (χ2v) is 7.63. The van der Waals surface area contributed by atoms with Crippen LogP contribution in [0.25, 0.3) is 0 Å². The molecule has 2 rings (SSSR count). The molecule has 134 valence electrons. The number of nitrogens with one attached hydrogen (secondary N) is 2. The Bertz CT molecular complexity index is 892. The minimum absolute atomic E-state index is 0.119. The van der Waals surface area contributed by atoms with Gasteiger partial charge in [-0.2, -0.15) is 0 Å². The Morgan fingerprint density at radius 3 is 2.28 bits per heavy atom. The molecule has 1 amide bonds. The molecule has 7 heteroatoms. The Balaban J connectivity index is 1.96. The van der Waals surface area contributed by atoms with Gasteiger partial charge in [-0.15, -0.1) is 4.83 Å². The maximum atomic E-state index is 12.3. The third-order valence-corrected chi connectivity index (χ3v) is 5.06. The van der Waals surface area contributed by atoms with E-state index < -0.39 is 15.9 Å². The molecule has 0 bridgehead atoms. The molecule has 0 saturated carbocycles. The third kappa shape index (κ3) is 5.04. The van der Waals surface area contributed by atoms with E-state index >= 15 is 0 Å². The van der Waals surface area contributed by atoms with Crippen LogP contribution < -0.4 is 15.0 Å². The van der Waals surface area contributed by atoms with Crippen molar-refractivity contribution in [2.45, 2.75) is 32.6 Å². The van der Waals surface area contributed by atoms with Gasteiger partial charge in [-0.1, -0.05) is 29.8 Å². The molecule has 2 aromatic rings. The van der Waals surface area contributed by atoms with Gasteiger partial charge in [-0.05, 0) is 56.5 Å². The summed E-state index contributed by atoms with van der Waals surface area (Å²) in [6.07, 6.45) is 0. The first kappa shape index (κ1) is 19.0. The number of hydrazine groups is 1. The van der Waals surface area contributed by atoms with Gasteiger partial charge in [0, 0.05) is 0 Å². The molecule has 25 heavy (non-hydrogen) atoms. The summed E-state index contributed by atoms with van der Waals surface area (Å²) in [7, 11) is -3.84. The Morgan fingerprint density at radius 1 is 0.960 bits per heavy atom. The lowest BCUT2D eigenvalue weighted by molar-refractivity contribution is -0.123. The molecular formula is C18H22N2O4S. The highest BCUT2D eigenvalue weighted by Crippen LogP contribution is 2.19. The lowest BCUT2D eigenvalue weighted by atomic mass is 10.1. The zero-order chi connectivity index (χ0) is 18.6. The Labute approximate surface area is 148 Å². The summed E-state index contributed by atoms with van der Waals surface area (Å²) in [5, 5.41) is 0. The predicted octanol–water partition coefficient (Wildman–Crippen LogP) is 2.31. The smallest absolute Gasteiger partial charge is 0.272 e. The number of benzene rings is 2. The van der Waals surface area contributed by atoms with Crippen molar-refractivity contribution in [3.05, 3.63) is 58.7 Å². The van der Waals surface area contributed by atoms with Gasteiger partial charge >= 0.3 is 0 Å². The van der Waals surface area contributed by atoms with Crippen molar-refractivity contribution in [1.82, 2.24) is 10.3 Å². The summed E-state index contributed by atoms with van der Waals surface area (Å²) >= 11 is 0. The first-order chi connectivity index (χ1) is 11.7. The molecule has 0 aromatic heterocycles. The minimum atomic E-state index is -3.84. The second-order valence-electron chi connectivity index (χ2n) is 5.98. The summed E-state index contributed by atoms with van der Waals surface area (Å²) in [5.41, 5.74) is 5.64. The number of hydrogen-bond donors (Lipinski definition) is 2. The van der Waals surface area contributed by atoms with E-state index in [1.807, 2.05) is 39.0 Å². The fraction of sp³-hybridized carbons (Fsp3) is 0.278. The van der Waals surface area contributed by atoms with Gasteiger partial charge in [-0.25, -0.2) is 8.42 Å². The molecule has 0 aliphatic rings. The molecule has 0 aliphatic carbocycles. The molecule has 0 aliphatic heterocycles. The van der Waals surface area contributed by atoms with Crippen LogP contribution in [0.4, 0.5) is 0 Å². The quantitative estimate of drug-likeness (QED) is 0.773.